The van der Waals surface area contributed by atoms with Crippen LogP contribution in [0.25, 0.3) is 148 Å². The van der Waals surface area contributed by atoms with Crippen molar-refractivity contribution in [2.75, 3.05) is 4.90 Å². The number of pyridine rings is 2. The normalized spacial score (nSPS) is 13.3. The van der Waals surface area contributed by atoms with Gasteiger partial charge in [0.05, 0.1) is 27.8 Å². The zero-order chi connectivity index (χ0) is 55.8. The average Bonchev–Trinajstić information content (AvgIpc) is 1.84. The van der Waals surface area contributed by atoms with Gasteiger partial charge in [-0.25, -0.2) is 4.98 Å². The molecular weight excluding hydrogens is 1030 g/mol. The molecule has 17 aromatic rings. The third-order valence-corrected chi connectivity index (χ3v) is 19.2. The lowest BCUT2D eigenvalue weighted by Crippen LogP contribution is -2.15. The number of aromatic nitrogens is 3. The lowest BCUT2D eigenvalue weighted by Gasteiger charge is -2.27. The highest BCUT2D eigenvalue weighted by molar-refractivity contribution is 6.27. The van der Waals surface area contributed by atoms with Crippen molar-refractivity contribution in [1.82, 2.24) is 14.5 Å². The summed E-state index contributed by atoms with van der Waals surface area (Å²) < 4.78 is 8.79. The smallest absolute Gasteiger partial charge is 0.138 e. The number of benzene rings is 13. The van der Waals surface area contributed by atoms with Gasteiger partial charge in [0.25, 0.3) is 0 Å². The first-order valence-corrected chi connectivity index (χ1v) is 29.5. The SMILES string of the molecule is CC1(C)c2cc3c4ccccc4c4ccccc4c3cc2-c2c1ccc1c2c2cc(-c3ccc4c(N(c5ccc6c(c5)-c5ccccc5C6)c5ccc6oc7ccccc7c6c5)cccc4c3)ccc2n1-c1ccc2ccc3cccnc3c2n1. The molecule has 396 valence electrons. The number of hydrogen-bond donors (Lipinski definition) is 0. The van der Waals surface area contributed by atoms with Crippen molar-refractivity contribution in [3.8, 4) is 39.2 Å². The third kappa shape index (κ3) is 6.58. The van der Waals surface area contributed by atoms with Gasteiger partial charge in [-0.3, -0.25) is 9.55 Å². The second kappa shape index (κ2) is 17.1. The number of nitrogens with zero attached hydrogens (tertiary/aromatic N) is 4. The van der Waals surface area contributed by atoms with Crippen LogP contribution in [0.15, 0.2) is 259 Å². The molecule has 0 saturated carbocycles. The van der Waals surface area contributed by atoms with Gasteiger partial charge in [-0.1, -0.05) is 166 Å². The van der Waals surface area contributed by atoms with Crippen molar-refractivity contribution >= 4 is 126 Å². The van der Waals surface area contributed by atoms with E-state index in [-0.39, 0.29) is 5.41 Å². The van der Waals surface area contributed by atoms with Crippen LogP contribution in [-0.4, -0.2) is 14.5 Å². The minimum absolute atomic E-state index is 0.274. The lowest BCUT2D eigenvalue weighted by molar-refractivity contribution is 0.661. The maximum atomic E-state index is 6.39. The summed E-state index contributed by atoms with van der Waals surface area (Å²) in [5.74, 6) is 0.863. The molecule has 2 aliphatic rings. The average molecular weight is 1080 g/mol. The van der Waals surface area contributed by atoms with E-state index in [1.807, 2.05) is 18.3 Å². The third-order valence-electron chi connectivity index (χ3n) is 19.2. The van der Waals surface area contributed by atoms with E-state index in [1.165, 1.54) is 87.6 Å². The van der Waals surface area contributed by atoms with Crippen molar-refractivity contribution < 1.29 is 4.42 Å². The molecule has 13 aromatic carbocycles. The fraction of sp³-hybridized carbons (Fsp3) is 0.0500. The Kier molecular flexibility index (Phi) is 9.40. The Morgan fingerprint density at radius 3 is 1.94 bits per heavy atom. The number of para-hydroxylation sites is 1. The van der Waals surface area contributed by atoms with Gasteiger partial charge in [-0.05, 0) is 197 Å². The molecule has 0 bridgehead atoms. The largest absolute Gasteiger partial charge is 0.456 e. The Morgan fingerprint density at radius 1 is 0.412 bits per heavy atom. The van der Waals surface area contributed by atoms with Gasteiger partial charge in [0.2, 0.25) is 0 Å². The van der Waals surface area contributed by atoms with Crippen LogP contribution in [-0.2, 0) is 11.8 Å². The molecule has 0 spiro atoms. The van der Waals surface area contributed by atoms with Gasteiger partial charge >= 0.3 is 0 Å². The minimum atomic E-state index is -0.274. The second-order valence-electron chi connectivity index (χ2n) is 24.0. The van der Waals surface area contributed by atoms with E-state index in [0.29, 0.717) is 0 Å². The molecule has 0 amide bonds. The van der Waals surface area contributed by atoms with E-state index in [4.69, 9.17) is 14.4 Å². The Balaban J connectivity index is 0.830. The summed E-state index contributed by atoms with van der Waals surface area (Å²) >= 11 is 0. The molecule has 19 rings (SSSR count). The molecule has 85 heavy (non-hydrogen) atoms. The van der Waals surface area contributed by atoms with Crippen molar-refractivity contribution in [2.24, 2.45) is 0 Å². The van der Waals surface area contributed by atoms with Crippen LogP contribution in [0.3, 0.4) is 0 Å². The van der Waals surface area contributed by atoms with E-state index in [2.05, 4.69) is 260 Å². The van der Waals surface area contributed by atoms with Crippen molar-refractivity contribution in [1.29, 1.82) is 0 Å². The molecule has 0 unspecified atom stereocenters. The predicted octanol–water partition coefficient (Wildman–Crippen LogP) is 21.4. The quantitative estimate of drug-likeness (QED) is 0.161. The van der Waals surface area contributed by atoms with Gasteiger partial charge in [-0.2, -0.15) is 0 Å². The number of fused-ring (bicyclic) bond motifs is 23. The van der Waals surface area contributed by atoms with Crippen LogP contribution in [0.4, 0.5) is 17.1 Å². The van der Waals surface area contributed by atoms with Crippen molar-refractivity contribution in [3.05, 3.63) is 277 Å². The lowest BCUT2D eigenvalue weighted by atomic mass is 9.81. The standard InChI is InChI=1S/C80H50N4O/c1-80(2)68-33-35-72-77(76(68)66-44-63-59-19-7-5-17-57(59)58-18-6-8-20-60(58)64(63)45-69(66)80)67-41-49(28-34-71(67)84(72)75-37-29-47-25-24-46-15-12-38-81-78(46)79(47)82-75)48-27-32-56-51(39-48)14-11-22-70(56)83(53-30-26-52-40-50-13-3-4-16-55(50)62(52)42-53)54-31-36-74-65(43-54)61-21-9-10-23-73(61)85-74/h3-39,41-45H,40H2,1-2H3. The monoisotopic (exact) mass is 1080 g/mol. The van der Waals surface area contributed by atoms with Gasteiger partial charge < -0.3 is 9.32 Å². The van der Waals surface area contributed by atoms with E-state index in [0.717, 1.165) is 106 Å². The van der Waals surface area contributed by atoms with E-state index < -0.39 is 0 Å². The predicted molar refractivity (Wildman–Crippen MR) is 355 cm³/mol. The highest BCUT2D eigenvalue weighted by atomic mass is 16.3. The molecule has 0 radical (unpaired) electrons. The van der Waals surface area contributed by atoms with Crippen LogP contribution in [0.2, 0.25) is 0 Å². The Morgan fingerprint density at radius 2 is 1.08 bits per heavy atom. The number of furan rings is 1. The van der Waals surface area contributed by atoms with Gasteiger partial charge in [-0.15, -0.1) is 0 Å². The molecule has 0 aliphatic heterocycles. The molecule has 5 nitrogen and oxygen atoms in total. The second-order valence-corrected chi connectivity index (χ2v) is 24.0. The van der Waals surface area contributed by atoms with Crippen molar-refractivity contribution in [3.63, 3.8) is 0 Å². The highest BCUT2D eigenvalue weighted by Gasteiger charge is 2.39. The molecule has 4 aromatic heterocycles. The molecule has 5 heteroatoms. The molecule has 0 atom stereocenters. The molecule has 4 heterocycles. The molecule has 0 fully saturated rings. The Hall–Kier alpha value is -10.9. The van der Waals surface area contributed by atoms with Crippen molar-refractivity contribution in [2.45, 2.75) is 25.7 Å². The van der Waals surface area contributed by atoms with Crippen LogP contribution in [0, 0.1) is 0 Å². The first-order chi connectivity index (χ1) is 41.9. The first kappa shape index (κ1) is 46.7. The summed E-state index contributed by atoms with van der Waals surface area (Å²) in [4.78, 5) is 12.9. The molecule has 0 saturated heterocycles. The zero-order valence-corrected chi connectivity index (χ0v) is 46.7. The molecular formula is C80H50N4O. The number of hydrogen-bond acceptors (Lipinski definition) is 4. The van der Waals surface area contributed by atoms with E-state index >= 15 is 0 Å². The minimum Gasteiger partial charge on any atom is -0.456 e. The summed E-state index contributed by atoms with van der Waals surface area (Å²) in [5, 5.41) is 16.8. The van der Waals surface area contributed by atoms with Crippen LogP contribution < -0.4 is 4.90 Å². The van der Waals surface area contributed by atoms with E-state index in [9.17, 15) is 0 Å². The summed E-state index contributed by atoms with van der Waals surface area (Å²) in [6, 6.07) is 92.2. The topological polar surface area (TPSA) is 47.1 Å². The Bertz CT molecular complexity index is 5820. The highest BCUT2D eigenvalue weighted by Crippen LogP contribution is 2.56. The van der Waals surface area contributed by atoms with Gasteiger partial charge in [0.15, 0.2) is 0 Å². The number of rotatable bonds is 5. The summed E-state index contributed by atoms with van der Waals surface area (Å²) in [6.45, 7) is 4.83. The fourth-order valence-electron chi connectivity index (χ4n) is 15.2. The molecule has 2 aliphatic carbocycles. The summed E-state index contributed by atoms with van der Waals surface area (Å²) in [6.07, 6.45) is 2.81. The van der Waals surface area contributed by atoms with Crippen LogP contribution in [0.1, 0.15) is 36.1 Å². The summed E-state index contributed by atoms with van der Waals surface area (Å²) in [7, 11) is 0. The maximum Gasteiger partial charge on any atom is 0.138 e. The first-order valence-electron chi connectivity index (χ1n) is 29.5. The molecule has 0 N–H and O–H groups in total. The maximum absolute atomic E-state index is 6.39. The Labute approximate surface area is 488 Å². The van der Waals surface area contributed by atoms with E-state index in [1.54, 1.807) is 0 Å². The van der Waals surface area contributed by atoms with Gasteiger partial charge in [0, 0.05) is 60.7 Å². The fourth-order valence-corrected chi connectivity index (χ4v) is 15.2. The zero-order valence-electron chi connectivity index (χ0n) is 46.7. The van der Waals surface area contributed by atoms with Crippen LogP contribution in [0.5, 0.6) is 0 Å². The van der Waals surface area contributed by atoms with Crippen LogP contribution >= 0.6 is 0 Å². The summed E-state index contributed by atoms with van der Waals surface area (Å²) in [5.41, 5.74) is 21.7. The number of anilines is 3. The van der Waals surface area contributed by atoms with Gasteiger partial charge in [0.1, 0.15) is 17.0 Å².